The number of benzene rings is 3. The Hall–Kier alpha value is -3.01. The number of halogens is 2. The number of likely N-dealkylation sites (N-methyl/N-ethyl adjacent to an activating group) is 1. The summed E-state index contributed by atoms with van der Waals surface area (Å²) in [6, 6.07) is 23.3. The molecule has 2 nitrogen and oxygen atoms in total. The first-order valence-electron chi connectivity index (χ1n) is 9.61. The lowest BCUT2D eigenvalue weighted by Crippen LogP contribution is -2.24. The average molecular weight is 420 g/mol. The number of ketones is 1. The minimum Gasteiger partial charge on any atom is -0.298 e. The number of carbonyl (C=O) groups excluding carboxylic acids is 1. The van der Waals surface area contributed by atoms with Gasteiger partial charge in [-0.15, -0.1) is 0 Å². The van der Waals surface area contributed by atoms with Crippen LogP contribution in [-0.4, -0.2) is 24.3 Å². The third-order valence-corrected chi connectivity index (χ3v) is 4.92. The Morgan fingerprint density at radius 3 is 2.30 bits per heavy atom. The fourth-order valence-corrected chi connectivity index (χ4v) is 3.34. The molecule has 3 aromatic rings. The van der Waals surface area contributed by atoms with Crippen LogP contribution < -0.4 is 0 Å². The highest BCUT2D eigenvalue weighted by molar-refractivity contribution is 6.32. The standard InChI is InChI=1S/C26H23ClFNO/c1-19(17-29(2)18-21-8-4-3-5-9-21)26(30)24(23-10-6-7-11-25(23)28)16-20-12-14-22(27)15-13-20/h3-16H,1,17-18H2,2H3/b24-16+. The molecule has 0 aromatic heterocycles. The molecule has 3 rings (SSSR count). The van der Waals surface area contributed by atoms with Crippen LogP contribution in [0.3, 0.4) is 0 Å². The second-order valence-electron chi connectivity index (χ2n) is 7.18. The lowest BCUT2D eigenvalue weighted by Gasteiger charge is -2.19. The summed E-state index contributed by atoms with van der Waals surface area (Å²) in [4.78, 5) is 15.3. The molecule has 0 aliphatic rings. The number of rotatable bonds is 8. The Morgan fingerprint density at radius 1 is 1.00 bits per heavy atom. The van der Waals surface area contributed by atoms with Gasteiger partial charge in [0.1, 0.15) is 5.82 Å². The van der Waals surface area contributed by atoms with E-state index in [1.54, 1.807) is 48.5 Å². The molecule has 0 saturated heterocycles. The third-order valence-electron chi connectivity index (χ3n) is 4.67. The van der Waals surface area contributed by atoms with Crippen LogP contribution in [0, 0.1) is 5.82 Å². The van der Waals surface area contributed by atoms with Crippen LogP contribution >= 0.6 is 11.6 Å². The summed E-state index contributed by atoms with van der Waals surface area (Å²) >= 11 is 5.96. The van der Waals surface area contributed by atoms with E-state index >= 15 is 0 Å². The van der Waals surface area contributed by atoms with Gasteiger partial charge in [0.05, 0.1) is 0 Å². The maximum absolute atomic E-state index is 14.5. The van der Waals surface area contributed by atoms with Gasteiger partial charge in [-0.25, -0.2) is 4.39 Å². The van der Waals surface area contributed by atoms with Crippen molar-refractivity contribution in [2.45, 2.75) is 6.54 Å². The minimum absolute atomic E-state index is 0.254. The molecular formula is C26H23ClFNO. The molecule has 0 radical (unpaired) electrons. The zero-order valence-corrected chi connectivity index (χ0v) is 17.6. The molecule has 152 valence electrons. The van der Waals surface area contributed by atoms with Crippen LogP contribution in [0.15, 0.2) is 91.0 Å². The fraction of sp³-hybridized carbons (Fsp3) is 0.115. The molecule has 3 aromatic carbocycles. The zero-order valence-electron chi connectivity index (χ0n) is 16.8. The quantitative estimate of drug-likeness (QED) is 0.316. The summed E-state index contributed by atoms with van der Waals surface area (Å²) in [6.07, 6.45) is 1.68. The number of hydrogen-bond acceptors (Lipinski definition) is 2. The SMILES string of the molecule is C=C(CN(C)Cc1ccccc1)C(=O)/C(=C/c1ccc(Cl)cc1)c1ccccc1F. The van der Waals surface area contributed by atoms with Gasteiger partial charge in [-0.05, 0) is 42.4 Å². The molecule has 0 spiro atoms. The van der Waals surface area contributed by atoms with E-state index in [2.05, 4.69) is 6.58 Å². The lowest BCUT2D eigenvalue weighted by molar-refractivity contribution is -0.110. The topological polar surface area (TPSA) is 20.3 Å². The summed E-state index contributed by atoms with van der Waals surface area (Å²) in [7, 11) is 1.93. The van der Waals surface area contributed by atoms with E-state index in [-0.39, 0.29) is 16.9 Å². The van der Waals surface area contributed by atoms with Crippen molar-refractivity contribution in [2.75, 3.05) is 13.6 Å². The van der Waals surface area contributed by atoms with Crippen molar-refractivity contribution in [3.05, 3.63) is 119 Å². The van der Waals surface area contributed by atoms with Gasteiger partial charge < -0.3 is 0 Å². The molecule has 0 N–H and O–H groups in total. The van der Waals surface area contributed by atoms with Gasteiger partial charge in [-0.3, -0.25) is 9.69 Å². The van der Waals surface area contributed by atoms with Crippen LogP contribution in [-0.2, 0) is 11.3 Å². The van der Waals surface area contributed by atoms with Crippen LogP contribution in [0.25, 0.3) is 11.6 Å². The molecule has 0 fully saturated rings. The van der Waals surface area contributed by atoms with Gasteiger partial charge in [-0.2, -0.15) is 0 Å². The molecule has 0 atom stereocenters. The smallest absolute Gasteiger partial charge is 0.190 e. The van der Waals surface area contributed by atoms with Gasteiger partial charge in [-0.1, -0.05) is 78.8 Å². The van der Waals surface area contributed by atoms with Gasteiger partial charge in [0.2, 0.25) is 0 Å². The van der Waals surface area contributed by atoms with E-state index in [1.807, 2.05) is 42.3 Å². The number of carbonyl (C=O) groups is 1. The molecule has 0 saturated carbocycles. The fourth-order valence-electron chi connectivity index (χ4n) is 3.21. The van der Waals surface area contributed by atoms with Gasteiger partial charge in [0, 0.05) is 34.8 Å². The third kappa shape index (κ3) is 5.76. The maximum Gasteiger partial charge on any atom is 0.190 e. The summed E-state index contributed by atoms with van der Waals surface area (Å²) in [5, 5.41) is 0.595. The molecular weight excluding hydrogens is 397 g/mol. The Kier molecular flexibility index (Phi) is 7.34. The monoisotopic (exact) mass is 419 g/mol. The molecule has 0 aliphatic carbocycles. The molecule has 30 heavy (non-hydrogen) atoms. The highest BCUT2D eigenvalue weighted by Crippen LogP contribution is 2.25. The largest absolute Gasteiger partial charge is 0.298 e. The Balaban J connectivity index is 1.85. The highest BCUT2D eigenvalue weighted by Gasteiger charge is 2.19. The average Bonchev–Trinajstić information content (AvgIpc) is 2.74. The molecule has 0 aliphatic heterocycles. The zero-order chi connectivity index (χ0) is 21.5. The van der Waals surface area contributed by atoms with Gasteiger partial charge >= 0.3 is 0 Å². The second-order valence-corrected chi connectivity index (χ2v) is 7.62. The molecule has 0 unspecified atom stereocenters. The number of Topliss-reactive ketones (excluding diaryl/α,β-unsaturated/α-hetero) is 1. The van der Waals surface area contributed by atoms with Crippen LogP contribution in [0.4, 0.5) is 4.39 Å². The molecule has 0 bridgehead atoms. The van der Waals surface area contributed by atoms with Crippen molar-refractivity contribution in [1.29, 1.82) is 0 Å². The first kappa shape index (κ1) is 21.7. The molecule has 4 heteroatoms. The number of hydrogen-bond donors (Lipinski definition) is 0. The van der Waals surface area contributed by atoms with Crippen LogP contribution in [0.1, 0.15) is 16.7 Å². The van der Waals surface area contributed by atoms with E-state index in [1.165, 1.54) is 6.07 Å². The van der Waals surface area contributed by atoms with E-state index in [9.17, 15) is 9.18 Å². The van der Waals surface area contributed by atoms with Gasteiger partial charge in [0.15, 0.2) is 5.78 Å². The van der Waals surface area contributed by atoms with Crippen LogP contribution in [0.2, 0.25) is 5.02 Å². The Morgan fingerprint density at radius 2 is 1.63 bits per heavy atom. The van der Waals surface area contributed by atoms with Crippen molar-refractivity contribution in [3.8, 4) is 0 Å². The first-order chi connectivity index (χ1) is 14.4. The number of allylic oxidation sites excluding steroid dienone is 1. The van der Waals surface area contributed by atoms with E-state index < -0.39 is 5.82 Å². The van der Waals surface area contributed by atoms with Crippen molar-refractivity contribution >= 4 is 29.0 Å². The van der Waals surface area contributed by atoms with Crippen molar-refractivity contribution in [3.63, 3.8) is 0 Å². The van der Waals surface area contributed by atoms with Crippen LogP contribution in [0.5, 0.6) is 0 Å². The van der Waals surface area contributed by atoms with E-state index in [0.29, 0.717) is 23.7 Å². The van der Waals surface area contributed by atoms with Crippen molar-refractivity contribution < 1.29 is 9.18 Å². The first-order valence-corrected chi connectivity index (χ1v) is 9.99. The lowest BCUT2D eigenvalue weighted by atomic mass is 9.94. The summed E-state index contributed by atoms with van der Waals surface area (Å²) in [5.41, 5.74) is 2.83. The highest BCUT2D eigenvalue weighted by atomic mass is 35.5. The second kappa shape index (κ2) is 10.1. The predicted octanol–water partition coefficient (Wildman–Crippen LogP) is 6.28. The summed E-state index contributed by atoms with van der Waals surface area (Å²) < 4.78 is 14.5. The Labute approximate surface area is 181 Å². The number of nitrogens with zero attached hydrogens (tertiary/aromatic N) is 1. The minimum atomic E-state index is -0.448. The van der Waals surface area contributed by atoms with Gasteiger partial charge in [0.25, 0.3) is 0 Å². The molecule has 0 amide bonds. The maximum atomic E-state index is 14.5. The predicted molar refractivity (Wildman–Crippen MR) is 123 cm³/mol. The summed E-state index contributed by atoms with van der Waals surface area (Å²) in [5.74, 6) is -0.730. The normalized spacial score (nSPS) is 11.5. The van der Waals surface area contributed by atoms with Crippen molar-refractivity contribution in [1.82, 2.24) is 4.90 Å². The van der Waals surface area contributed by atoms with Crippen molar-refractivity contribution in [2.24, 2.45) is 0 Å². The summed E-state index contributed by atoms with van der Waals surface area (Å²) in [6.45, 7) is 5.05. The van der Waals surface area contributed by atoms with E-state index in [4.69, 9.17) is 11.6 Å². The molecule has 0 heterocycles. The Bertz CT molecular complexity index is 1060. The van der Waals surface area contributed by atoms with E-state index in [0.717, 1.165) is 11.1 Å².